The summed E-state index contributed by atoms with van der Waals surface area (Å²) in [7, 11) is 0. The zero-order valence-corrected chi connectivity index (χ0v) is 16.7. The van der Waals surface area contributed by atoms with Crippen molar-refractivity contribution in [3.8, 4) is 0 Å². The van der Waals surface area contributed by atoms with E-state index in [0.717, 1.165) is 11.1 Å². The Morgan fingerprint density at radius 2 is 0.864 bits per heavy atom. The first-order chi connectivity index (χ1) is 9.42. The molecule has 2 rings (SSSR count). The van der Waals surface area contributed by atoms with E-state index >= 15 is 0 Å². The third kappa shape index (κ3) is 5.29. The fourth-order valence-electron chi connectivity index (χ4n) is 1.98. The van der Waals surface area contributed by atoms with Gasteiger partial charge in [0.25, 0.3) is 0 Å². The van der Waals surface area contributed by atoms with Crippen molar-refractivity contribution in [3.05, 3.63) is 71.8 Å². The molecule has 2 aromatic rings. The molecule has 0 aliphatic rings. The molecule has 0 bridgehead atoms. The van der Waals surface area contributed by atoms with Gasteiger partial charge in [-0.3, -0.25) is 0 Å². The number of hydrogen-bond acceptors (Lipinski definition) is 2. The molecule has 0 spiro atoms. The Morgan fingerprint density at radius 3 is 1.14 bits per heavy atom. The van der Waals surface area contributed by atoms with E-state index in [-0.39, 0.29) is 25.0 Å². The Morgan fingerprint density at radius 1 is 0.591 bits per heavy atom. The van der Waals surface area contributed by atoms with Crippen molar-refractivity contribution in [1.82, 2.24) is 0 Å². The third-order valence-corrected chi connectivity index (χ3v) is 3.40. The molecule has 0 aliphatic carbocycles. The molecule has 4 heteroatoms. The van der Waals surface area contributed by atoms with Crippen LogP contribution in [0.4, 0.5) is 0 Å². The summed E-state index contributed by atoms with van der Waals surface area (Å²) >= 11 is 0. The van der Waals surface area contributed by atoms with Gasteiger partial charge in [0.15, 0.2) is 0 Å². The van der Waals surface area contributed by atoms with Crippen LogP contribution < -0.4 is 0 Å². The van der Waals surface area contributed by atoms with Gasteiger partial charge >= 0.3 is 19.5 Å². The minimum Gasteiger partial charge on any atom is -2.00 e. The molecule has 0 atom stereocenters. The average molecular weight is 352 g/mol. The second-order valence-corrected chi connectivity index (χ2v) is 5.92. The summed E-state index contributed by atoms with van der Waals surface area (Å²) in [4.78, 5) is 11.5. The van der Waals surface area contributed by atoms with E-state index < -0.39 is 11.2 Å². The Labute approximate surface area is 145 Å². The molecule has 0 heterocycles. The van der Waals surface area contributed by atoms with Crippen LogP contribution in [0.5, 0.6) is 0 Å². The van der Waals surface area contributed by atoms with Crippen molar-refractivity contribution in [3.63, 3.8) is 0 Å². The van der Waals surface area contributed by atoms with Crippen LogP contribution in [0.1, 0.15) is 38.8 Å². The molecule has 0 fully saturated rings. The number of hydrogen-bond donors (Lipinski definition) is 0. The van der Waals surface area contributed by atoms with Crippen LogP contribution in [0.25, 0.3) is 0 Å². The molecule has 2 aromatic carbocycles. The van der Waals surface area contributed by atoms with Crippen molar-refractivity contribution >= 4 is 0 Å². The minimum atomic E-state index is -0.493. The maximum atomic E-state index is 5.73. The van der Waals surface area contributed by atoms with Gasteiger partial charge in [0, 0.05) is 0 Å². The van der Waals surface area contributed by atoms with E-state index in [9.17, 15) is 0 Å². The van der Waals surface area contributed by atoms with E-state index in [1.807, 2.05) is 88.4 Å². The summed E-state index contributed by atoms with van der Waals surface area (Å²) in [6.07, 6.45) is 0. The van der Waals surface area contributed by atoms with Gasteiger partial charge in [0.2, 0.25) is 0 Å². The second kappa shape index (κ2) is 8.54. The van der Waals surface area contributed by atoms with Gasteiger partial charge in [-0.25, -0.2) is 9.78 Å². The Balaban J connectivity index is 0.00000220. The molecule has 22 heavy (non-hydrogen) atoms. The molecule has 0 radical (unpaired) electrons. The summed E-state index contributed by atoms with van der Waals surface area (Å²) in [6, 6.07) is 20.2. The molecule has 0 aromatic heterocycles. The molecule has 0 N–H and O–H groups in total. The van der Waals surface area contributed by atoms with E-state index in [1.165, 1.54) is 0 Å². The Bertz CT molecular complexity index is 487. The van der Waals surface area contributed by atoms with Gasteiger partial charge in [-0.1, -0.05) is 60.7 Å². The summed E-state index contributed by atoms with van der Waals surface area (Å²) in [5.74, 6) is 0. The summed E-state index contributed by atoms with van der Waals surface area (Å²) in [5, 5.41) is 0. The summed E-state index contributed by atoms with van der Waals surface area (Å²) < 4.78 is 0. The van der Waals surface area contributed by atoms with Crippen LogP contribution in [-0.4, -0.2) is 0 Å². The van der Waals surface area contributed by atoms with Crippen molar-refractivity contribution in [1.29, 1.82) is 0 Å². The Kier molecular flexibility index (Phi) is 8.13. The van der Waals surface area contributed by atoms with Gasteiger partial charge in [0.1, 0.15) is 11.2 Å². The first kappa shape index (κ1) is 20.9. The van der Waals surface area contributed by atoms with Crippen LogP contribution in [0.15, 0.2) is 60.7 Å². The van der Waals surface area contributed by atoms with Gasteiger partial charge in [-0.15, -0.1) is 0 Å². The molecule has 0 unspecified atom stereocenters. The Hall–Kier alpha value is -1.06. The molecule has 3 nitrogen and oxygen atoms in total. The van der Waals surface area contributed by atoms with Gasteiger partial charge in [-0.05, 0) is 38.8 Å². The van der Waals surface area contributed by atoms with Crippen LogP contribution in [0, 0.1) is 0 Å². The molecule has 0 aliphatic heterocycles. The summed E-state index contributed by atoms with van der Waals surface area (Å²) in [6.45, 7) is 8.01. The van der Waals surface area contributed by atoms with Gasteiger partial charge in [-0.2, -0.15) is 0 Å². The molecular formula is C18H22O3Zn. The van der Waals surface area contributed by atoms with Crippen molar-refractivity contribution in [2.24, 2.45) is 0 Å². The van der Waals surface area contributed by atoms with Crippen LogP contribution >= 0.6 is 0 Å². The SMILES string of the molecule is CC(C)(OOC(C)(C)c1ccccc1)c1ccccc1.[O-2].[Zn+2]. The molecule has 0 amide bonds. The van der Waals surface area contributed by atoms with Crippen LogP contribution in [0.3, 0.4) is 0 Å². The monoisotopic (exact) mass is 350 g/mol. The first-order valence-electron chi connectivity index (χ1n) is 6.90. The molecule has 0 saturated carbocycles. The van der Waals surface area contributed by atoms with Gasteiger partial charge in [0.05, 0.1) is 0 Å². The topological polar surface area (TPSA) is 47.0 Å². The van der Waals surface area contributed by atoms with E-state index in [2.05, 4.69) is 0 Å². The minimum absolute atomic E-state index is 0. The molecule has 0 saturated heterocycles. The fraction of sp³-hybridized carbons (Fsp3) is 0.333. The van der Waals surface area contributed by atoms with Gasteiger partial charge < -0.3 is 5.48 Å². The first-order valence-corrected chi connectivity index (χ1v) is 6.90. The maximum Gasteiger partial charge on any atom is 2.00 e. The van der Waals surface area contributed by atoms with E-state index in [1.54, 1.807) is 0 Å². The van der Waals surface area contributed by atoms with Crippen LogP contribution in [-0.2, 0) is 45.9 Å². The predicted octanol–water partition coefficient (Wildman–Crippen LogP) is 4.68. The normalized spacial score (nSPS) is 11.3. The molecule has 114 valence electrons. The standard InChI is InChI=1S/C18H22O2.O.Zn/c1-17(2,15-11-7-5-8-12-15)19-20-18(3,4)16-13-9-6-10-14-16;;/h5-14H,1-4H3;;/q;-2;+2. The number of benzene rings is 2. The van der Waals surface area contributed by atoms with E-state index in [4.69, 9.17) is 9.78 Å². The summed E-state index contributed by atoms with van der Waals surface area (Å²) in [5.41, 5.74) is 1.19. The maximum absolute atomic E-state index is 5.73. The quantitative estimate of drug-likeness (QED) is 0.446. The number of rotatable bonds is 5. The van der Waals surface area contributed by atoms with Crippen LogP contribution in [0.2, 0.25) is 0 Å². The second-order valence-electron chi connectivity index (χ2n) is 5.92. The zero-order valence-electron chi connectivity index (χ0n) is 13.7. The zero-order chi connectivity index (χ0) is 14.6. The smallest absolute Gasteiger partial charge is 2.00 e. The van der Waals surface area contributed by atoms with Crippen molar-refractivity contribution < 1.29 is 34.7 Å². The average Bonchev–Trinajstić information content (AvgIpc) is 2.47. The third-order valence-electron chi connectivity index (χ3n) is 3.40. The molecular weight excluding hydrogens is 330 g/mol. The van der Waals surface area contributed by atoms with Crippen molar-refractivity contribution in [2.45, 2.75) is 38.9 Å². The fourth-order valence-corrected chi connectivity index (χ4v) is 1.98. The van der Waals surface area contributed by atoms with E-state index in [0.29, 0.717) is 0 Å². The largest absolute Gasteiger partial charge is 2.00 e. The predicted molar refractivity (Wildman–Crippen MR) is 81.8 cm³/mol. The van der Waals surface area contributed by atoms with Crippen molar-refractivity contribution in [2.75, 3.05) is 0 Å².